The van der Waals surface area contributed by atoms with Gasteiger partial charge in [0, 0.05) is 6.54 Å². The van der Waals surface area contributed by atoms with Crippen LogP contribution in [0.25, 0.3) is 0 Å². The molecule has 0 amide bonds. The van der Waals surface area contributed by atoms with Gasteiger partial charge in [-0.3, -0.25) is 4.84 Å². The number of rotatable bonds is 3. The van der Waals surface area contributed by atoms with Gasteiger partial charge in [0.05, 0.1) is 13.4 Å². The first-order valence-electron chi connectivity index (χ1n) is 2.54. The van der Waals surface area contributed by atoms with Crippen LogP contribution in [0.4, 0.5) is 0 Å². The molecular formula is C4H11NO3S. The standard InChI is InChI=1S/C4H11NO3S/c1-4-5(8-2)9(3,6)7/h4H2,1-3H3. The van der Waals surface area contributed by atoms with E-state index in [9.17, 15) is 8.42 Å². The van der Waals surface area contributed by atoms with Gasteiger partial charge in [0.15, 0.2) is 0 Å². The first kappa shape index (κ1) is 8.87. The maximum Gasteiger partial charge on any atom is 0.233 e. The van der Waals surface area contributed by atoms with Gasteiger partial charge in [-0.15, -0.1) is 0 Å². The smallest absolute Gasteiger partial charge is 0.233 e. The predicted octanol–water partition coefficient (Wildman–Crippen LogP) is -0.171. The van der Waals surface area contributed by atoms with Crippen LogP contribution in [-0.2, 0) is 14.9 Å². The molecule has 0 aliphatic carbocycles. The number of hydroxylamine groups is 1. The summed E-state index contributed by atoms with van der Waals surface area (Å²) in [5.74, 6) is 0. The Balaban J connectivity index is 4.14. The van der Waals surface area contributed by atoms with Gasteiger partial charge in [-0.2, -0.15) is 0 Å². The third-order valence-corrected chi connectivity index (χ3v) is 1.98. The Hall–Kier alpha value is -0.130. The summed E-state index contributed by atoms with van der Waals surface area (Å²) in [7, 11) is -1.83. The fraction of sp³-hybridized carbons (Fsp3) is 1.00. The van der Waals surface area contributed by atoms with Gasteiger partial charge >= 0.3 is 0 Å². The summed E-state index contributed by atoms with van der Waals surface area (Å²) in [6, 6.07) is 0. The Morgan fingerprint density at radius 2 is 2.00 bits per heavy atom. The number of sulfonamides is 1. The molecule has 0 saturated heterocycles. The van der Waals surface area contributed by atoms with Crippen LogP contribution < -0.4 is 0 Å². The van der Waals surface area contributed by atoms with E-state index in [-0.39, 0.29) is 0 Å². The number of hydrogen-bond acceptors (Lipinski definition) is 3. The van der Waals surface area contributed by atoms with Gasteiger partial charge in [0.2, 0.25) is 10.0 Å². The maximum atomic E-state index is 10.6. The number of nitrogens with zero attached hydrogens (tertiary/aromatic N) is 1. The molecule has 0 bridgehead atoms. The Kier molecular flexibility index (Phi) is 3.10. The second-order valence-corrected chi connectivity index (χ2v) is 3.44. The lowest BCUT2D eigenvalue weighted by Gasteiger charge is -2.13. The Morgan fingerprint density at radius 1 is 1.56 bits per heavy atom. The van der Waals surface area contributed by atoms with Gasteiger partial charge in [-0.05, 0) is 6.92 Å². The minimum absolute atomic E-state index is 0.343. The zero-order valence-corrected chi connectivity index (χ0v) is 6.60. The molecule has 0 heterocycles. The van der Waals surface area contributed by atoms with E-state index in [0.29, 0.717) is 6.54 Å². The van der Waals surface area contributed by atoms with Gasteiger partial charge in [0.25, 0.3) is 0 Å². The molecule has 0 aromatic heterocycles. The quantitative estimate of drug-likeness (QED) is 0.529. The van der Waals surface area contributed by atoms with E-state index in [2.05, 4.69) is 4.84 Å². The molecular weight excluding hydrogens is 142 g/mol. The van der Waals surface area contributed by atoms with Crippen molar-refractivity contribution in [3.05, 3.63) is 0 Å². The lowest BCUT2D eigenvalue weighted by atomic mass is 10.8. The molecule has 0 spiro atoms. The fourth-order valence-corrected chi connectivity index (χ4v) is 1.24. The van der Waals surface area contributed by atoms with Gasteiger partial charge in [0.1, 0.15) is 0 Å². The first-order valence-corrected chi connectivity index (χ1v) is 4.39. The van der Waals surface area contributed by atoms with Gasteiger partial charge in [-0.1, -0.05) is 4.47 Å². The Bertz CT molecular complexity index is 159. The van der Waals surface area contributed by atoms with Crippen LogP contribution in [0, 0.1) is 0 Å². The molecule has 0 fully saturated rings. The van der Waals surface area contributed by atoms with Crippen LogP contribution in [0.5, 0.6) is 0 Å². The molecule has 0 aliphatic rings. The van der Waals surface area contributed by atoms with Crippen LogP contribution in [0.3, 0.4) is 0 Å². The summed E-state index contributed by atoms with van der Waals surface area (Å²) < 4.78 is 22.1. The van der Waals surface area contributed by atoms with Gasteiger partial charge in [-0.25, -0.2) is 8.42 Å². The topological polar surface area (TPSA) is 46.6 Å². The molecule has 0 radical (unpaired) electrons. The van der Waals surface area contributed by atoms with Crippen molar-refractivity contribution in [3.63, 3.8) is 0 Å². The van der Waals surface area contributed by atoms with E-state index in [1.165, 1.54) is 7.11 Å². The molecule has 0 unspecified atom stereocenters. The first-order chi connectivity index (χ1) is 4.02. The molecule has 0 aromatic carbocycles. The van der Waals surface area contributed by atoms with E-state index < -0.39 is 10.0 Å². The van der Waals surface area contributed by atoms with Crippen molar-refractivity contribution in [1.29, 1.82) is 0 Å². The van der Waals surface area contributed by atoms with Gasteiger partial charge < -0.3 is 0 Å². The Morgan fingerprint density at radius 3 is 2.00 bits per heavy atom. The SMILES string of the molecule is CCN(OC)S(C)(=O)=O. The van der Waals surface area contributed by atoms with E-state index in [4.69, 9.17) is 0 Å². The zero-order valence-electron chi connectivity index (χ0n) is 5.79. The summed E-state index contributed by atoms with van der Waals surface area (Å²) in [5, 5.41) is 0. The lowest BCUT2D eigenvalue weighted by molar-refractivity contribution is -0.0435. The highest BCUT2D eigenvalue weighted by atomic mass is 32.2. The molecule has 9 heavy (non-hydrogen) atoms. The average Bonchev–Trinajstić information content (AvgIpc) is 1.65. The molecule has 0 atom stereocenters. The van der Waals surface area contributed by atoms with Crippen LogP contribution >= 0.6 is 0 Å². The van der Waals surface area contributed by atoms with Crippen molar-refractivity contribution in [2.24, 2.45) is 0 Å². The highest BCUT2D eigenvalue weighted by molar-refractivity contribution is 7.88. The van der Waals surface area contributed by atoms with Crippen molar-refractivity contribution in [2.45, 2.75) is 6.92 Å². The summed E-state index contributed by atoms with van der Waals surface area (Å²) in [5.41, 5.74) is 0. The third-order valence-electron chi connectivity index (χ3n) is 0.832. The normalized spacial score (nSPS) is 12.4. The van der Waals surface area contributed by atoms with Crippen molar-refractivity contribution >= 4 is 10.0 Å². The highest BCUT2D eigenvalue weighted by Crippen LogP contribution is 1.94. The van der Waals surface area contributed by atoms with Crippen LogP contribution in [-0.4, -0.2) is 32.8 Å². The largest absolute Gasteiger partial charge is 0.288 e. The predicted molar refractivity (Wildman–Crippen MR) is 34.2 cm³/mol. The zero-order chi connectivity index (χ0) is 7.49. The third kappa shape index (κ3) is 2.78. The molecule has 0 aliphatic heterocycles. The lowest BCUT2D eigenvalue weighted by Crippen LogP contribution is -2.28. The van der Waals surface area contributed by atoms with Crippen molar-refractivity contribution in [1.82, 2.24) is 4.47 Å². The summed E-state index contributed by atoms with van der Waals surface area (Å²) >= 11 is 0. The van der Waals surface area contributed by atoms with Crippen LogP contribution in [0.2, 0.25) is 0 Å². The van der Waals surface area contributed by atoms with Crippen molar-refractivity contribution in [2.75, 3.05) is 19.9 Å². The van der Waals surface area contributed by atoms with Crippen LogP contribution in [0.1, 0.15) is 6.92 Å². The van der Waals surface area contributed by atoms with E-state index in [1.807, 2.05) is 0 Å². The summed E-state index contributed by atoms with van der Waals surface area (Å²) in [6.45, 7) is 2.04. The minimum atomic E-state index is -3.15. The molecule has 0 N–H and O–H groups in total. The summed E-state index contributed by atoms with van der Waals surface area (Å²) in [4.78, 5) is 4.51. The van der Waals surface area contributed by atoms with Crippen LogP contribution in [0.15, 0.2) is 0 Å². The maximum absolute atomic E-state index is 10.6. The summed E-state index contributed by atoms with van der Waals surface area (Å²) in [6.07, 6.45) is 1.10. The molecule has 0 aromatic rings. The molecule has 56 valence electrons. The highest BCUT2D eigenvalue weighted by Gasteiger charge is 2.11. The second-order valence-electron chi connectivity index (χ2n) is 1.56. The molecule has 5 heteroatoms. The molecule has 0 rings (SSSR count). The van der Waals surface area contributed by atoms with Crippen molar-refractivity contribution in [3.8, 4) is 0 Å². The van der Waals surface area contributed by atoms with E-state index in [0.717, 1.165) is 10.7 Å². The van der Waals surface area contributed by atoms with Crippen molar-refractivity contribution < 1.29 is 13.3 Å². The Labute approximate surface area is 55.4 Å². The average molecular weight is 153 g/mol. The molecule has 0 saturated carbocycles. The minimum Gasteiger partial charge on any atom is -0.288 e. The second kappa shape index (κ2) is 3.14. The van der Waals surface area contributed by atoms with E-state index in [1.54, 1.807) is 6.92 Å². The fourth-order valence-electron chi connectivity index (χ4n) is 0.499. The van der Waals surface area contributed by atoms with E-state index >= 15 is 0 Å². The monoisotopic (exact) mass is 153 g/mol. The molecule has 4 nitrogen and oxygen atoms in total. The number of hydrogen-bond donors (Lipinski definition) is 0.